The molecule has 0 aromatic heterocycles. The topological polar surface area (TPSA) is 96.0 Å². The molecular weight excluding hydrogens is 308 g/mol. The first-order valence-electron chi connectivity index (χ1n) is 7.68. The Morgan fingerprint density at radius 2 is 2.00 bits per heavy atom. The van der Waals surface area contributed by atoms with Gasteiger partial charge in [-0.3, -0.25) is 15.1 Å². The number of aliphatic imine (C=N–C) groups is 1. The molecule has 2 rings (SSSR count). The SMILES string of the molecule is CC[C@@H](C)c1ccc(O)c(N=Cc2cc([N+](=O)[O-])cc(C)c2O)c1. The van der Waals surface area contributed by atoms with Gasteiger partial charge >= 0.3 is 0 Å². The van der Waals surface area contributed by atoms with Gasteiger partial charge in [0, 0.05) is 23.9 Å². The molecule has 126 valence electrons. The minimum atomic E-state index is -0.523. The van der Waals surface area contributed by atoms with Gasteiger partial charge in [-0.15, -0.1) is 0 Å². The van der Waals surface area contributed by atoms with Gasteiger partial charge in [0.05, 0.1) is 4.92 Å². The maximum Gasteiger partial charge on any atom is 0.270 e. The number of nitro groups is 1. The van der Waals surface area contributed by atoms with Crippen molar-refractivity contribution in [3.63, 3.8) is 0 Å². The Balaban J connectivity index is 2.43. The molecule has 2 aromatic carbocycles. The van der Waals surface area contributed by atoms with Gasteiger partial charge in [0.25, 0.3) is 5.69 Å². The second-order valence-electron chi connectivity index (χ2n) is 5.77. The predicted octanol–water partition coefficient (Wildman–Crippen LogP) is 4.58. The lowest BCUT2D eigenvalue weighted by Crippen LogP contribution is -1.93. The van der Waals surface area contributed by atoms with Crippen molar-refractivity contribution in [2.45, 2.75) is 33.1 Å². The Morgan fingerprint density at radius 1 is 1.29 bits per heavy atom. The molecule has 0 amide bonds. The number of hydrogen-bond acceptors (Lipinski definition) is 5. The van der Waals surface area contributed by atoms with Gasteiger partial charge in [-0.2, -0.15) is 0 Å². The van der Waals surface area contributed by atoms with Crippen LogP contribution in [0.25, 0.3) is 0 Å². The first-order valence-corrected chi connectivity index (χ1v) is 7.68. The Kier molecular flexibility index (Phi) is 5.18. The van der Waals surface area contributed by atoms with Crippen molar-refractivity contribution in [1.29, 1.82) is 0 Å². The average molecular weight is 328 g/mol. The van der Waals surface area contributed by atoms with E-state index in [2.05, 4.69) is 18.8 Å². The second-order valence-corrected chi connectivity index (χ2v) is 5.77. The molecule has 0 radical (unpaired) electrons. The van der Waals surface area contributed by atoms with Crippen LogP contribution in [-0.2, 0) is 0 Å². The Hall–Kier alpha value is -2.89. The molecular formula is C18H20N2O4. The van der Waals surface area contributed by atoms with E-state index < -0.39 is 4.92 Å². The first-order chi connectivity index (χ1) is 11.3. The first kappa shape index (κ1) is 17.5. The van der Waals surface area contributed by atoms with Crippen LogP contribution in [0.2, 0.25) is 0 Å². The number of rotatable bonds is 5. The summed E-state index contributed by atoms with van der Waals surface area (Å²) >= 11 is 0. The number of phenolic OH excluding ortho intramolecular Hbond substituents is 2. The van der Waals surface area contributed by atoms with Gasteiger partial charge < -0.3 is 10.2 Å². The highest BCUT2D eigenvalue weighted by Crippen LogP contribution is 2.32. The van der Waals surface area contributed by atoms with Crippen LogP contribution in [0.3, 0.4) is 0 Å². The molecule has 2 N–H and O–H groups in total. The normalized spacial score (nSPS) is 12.5. The van der Waals surface area contributed by atoms with Crippen LogP contribution in [0, 0.1) is 17.0 Å². The molecule has 0 aliphatic heterocycles. The van der Waals surface area contributed by atoms with Gasteiger partial charge in [-0.05, 0) is 42.5 Å². The monoisotopic (exact) mass is 328 g/mol. The van der Waals surface area contributed by atoms with E-state index in [4.69, 9.17) is 0 Å². The largest absolute Gasteiger partial charge is 0.507 e. The molecule has 6 heteroatoms. The van der Waals surface area contributed by atoms with E-state index in [1.807, 2.05) is 6.07 Å². The summed E-state index contributed by atoms with van der Waals surface area (Å²) in [6.45, 7) is 5.74. The Labute approximate surface area is 140 Å². The lowest BCUT2D eigenvalue weighted by molar-refractivity contribution is -0.384. The van der Waals surface area contributed by atoms with E-state index in [0.29, 0.717) is 17.2 Å². The molecule has 0 fully saturated rings. The van der Waals surface area contributed by atoms with E-state index in [1.54, 1.807) is 19.1 Å². The highest BCUT2D eigenvalue weighted by Gasteiger charge is 2.13. The molecule has 6 nitrogen and oxygen atoms in total. The fourth-order valence-electron chi connectivity index (χ4n) is 2.32. The lowest BCUT2D eigenvalue weighted by Gasteiger charge is -2.10. The zero-order valence-electron chi connectivity index (χ0n) is 13.9. The Bertz CT molecular complexity index is 800. The van der Waals surface area contributed by atoms with E-state index in [0.717, 1.165) is 12.0 Å². The maximum atomic E-state index is 10.9. The van der Waals surface area contributed by atoms with Crippen LogP contribution in [0.4, 0.5) is 11.4 Å². The second kappa shape index (κ2) is 7.12. The average Bonchev–Trinajstić information content (AvgIpc) is 2.56. The van der Waals surface area contributed by atoms with Crippen LogP contribution in [0.15, 0.2) is 35.3 Å². The third kappa shape index (κ3) is 3.71. The number of nitrogens with zero attached hydrogens (tertiary/aromatic N) is 2. The minimum Gasteiger partial charge on any atom is -0.507 e. The third-order valence-corrected chi connectivity index (χ3v) is 4.05. The van der Waals surface area contributed by atoms with Crippen LogP contribution in [0.5, 0.6) is 11.5 Å². The number of phenols is 2. The molecule has 0 saturated heterocycles. The van der Waals surface area contributed by atoms with Crippen molar-refractivity contribution in [1.82, 2.24) is 0 Å². The molecule has 0 aliphatic rings. The van der Waals surface area contributed by atoms with Crippen molar-refractivity contribution in [2.24, 2.45) is 4.99 Å². The molecule has 0 bridgehead atoms. The van der Waals surface area contributed by atoms with Gasteiger partial charge in [0.2, 0.25) is 0 Å². The molecule has 0 saturated carbocycles. The zero-order valence-corrected chi connectivity index (χ0v) is 13.9. The minimum absolute atomic E-state index is 0.0138. The molecule has 0 heterocycles. The smallest absolute Gasteiger partial charge is 0.270 e. The maximum absolute atomic E-state index is 10.9. The molecule has 0 aliphatic carbocycles. The standard InChI is InChI=1S/C18H20N2O4/c1-4-11(2)13-5-6-17(21)16(9-13)19-10-14-8-15(20(23)24)7-12(3)18(14)22/h5-11,21-22H,4H2,1-3H3/t11-/m1/s1. The summed E-state index contributed by atoms with van der Waals surface area (Å²) in [5.74, 6) is 0.273. The van der Waals surface area contributed by atoms with Gasteiger partial charge in [0.15, 0.2) is 0 Å². The van der Waals surface area contributed by atoms with Crippen molar-refractivity contribution < 1.29 is 15.1 Å². The molecule has 0 unspecified atom stereocenters. The number of nitro benzene ring substituents is 1. The van der Waals surface area contributed by atoms with E-state index in [9.17, 15) is 20.3 Å². The van der Waals surface area contributed by atoms with Crippen LogP contribution in [-0.4, -0.2) is 21.4 Å². The highest BCUT2D eigenvalue weighted by molar-refractivity contribution is 5.87. The van der Waals surface area contributed by atoms with Crippen molar-refractivity contribution in [2.75, 3.05) is 0 Å². The van der Waals surface area contributed by atoms with Crippen molar-refractivity contribution >= 4 is 17.6 Å². The van der Waals surface area contributed by atoms with Crippen LogP contribution < -0.4 is 0 Å². The summed E-state index contributed by atoms with van der Waals surface area (Å²) in [7, 11) is 0. The predicted molar refractivity (Wildman–Crippen MR) is 93.6 cm³/mol. The van der Waals surface area contributed by atoms with Gasteiger partial charge in [-0.1, -0.05) is 19.9 Å². The molecule has 1 atom stereocenters. The van der Waals surface area contributed by atoms with E-state index in [1.165, 1.54) is 18.3 Å². The fourth-order valence-corrected chi connectivity index (χ4v) is 2.32. The van der Waals surface area contributed by atoms with Crippen LogP contribution in [0.1, 0.15) is 42.9 Å². The van der Waals surface area contributed by atoms with Crippen molar-refractivity contribution in [3.8, 4) is 11.5 Å². The molecule has 0 spiro atoms. The van der Waals surface area contributed by atoms with Gasteiger partial charge in [0.1, 0.15) is 17.2 Å². The summed E-state index contributed by atoms with van der Waals surface area (Å²) in [6.07, 6.45) is 2.28. The number of benzene rings is 2. The van der Waals surface area contributed by atoms with E-state index >= 15 is 0 Å². The number of aromatic hydroxyl groups is 2. The summed E-state index contributed by atoms with van der Waals surface area (Å²) in [4.78, 5) is 14.6. The third-order valence-electron chi connectivity index (χ3n) is 4.05. The number of non-ortho nitro benzene ring substituents is 1. The van der Waals surface area contributed by atoms with Crippen LogP contribution >= 0.6 is 0 Å². The highest BCUT2D eigenvalue weighted by atomic mass is 16.6. The van der Waals surface area contributed by atoms with E-state index in [-0.39, 0.29) is 22.7 Å². The lowest BCUT2D eigenvalue weighted by atomic mass is 9.98. The number of aryl methyl sites for hydroxylation is 1. The fraction of sp³-hybridized carbons (Fsp3) is 0.278. The summed E-state index contributed by atoms with van der Waals surface area (Å²) in [5, 5.41) is 30.9. The Morgan fingerprint density at radius 3 is 2.62 bits per heavy atom. The summed E-state index contributed by atoms with van der Waals surface area (Å²) < 4.78 is 0. The zero-order chi connectivity index (χ0) is 17.9. The molecule has 2 aromatic rings. The molecule has 24 heavy (non-hydrogen) atoms. The van der Waals surface area contributed by atoms with Crippen molar-refractivity contribution in [3.05, 3.63) is 57.1 Å². The summed E-state index contributed by atoms with van der Waals surface area (Å²) in [6, 6.07) is 7.75. The quantitative estimate of drug-likeness (QED) is 0.477. The summed E-state index contributed by atoms with van der Waals surface area (Å²) in [5.41, 5.74) is 1.90. The number of hydrogen-bond donors (Lipinski definition) is 2. The van der Waals surface area contributed by atoms with Gasteiger partial charge in [-0.25, -0.2) is 0 Å².